The Hall–Kier alpha value is -2.91. The van der Waals surface area contributed by atoms with E-state index in [1.165, 1.54) is 18.5 Å². The Kier molecular flexibility index (Phi) is 5.50. The molecule has 0 saturated carbocycles. The first-order valence-electron chi connectivity index (χ1n) is 9.50. The summed E-state index contributed by atoms with van der Waals surface area (Å²) in [5, 5.41) is 0. The van der Waals surface area contributed by atoms with Gasteiger partial charge in [0.1, 0.15) is 16.9 Å². The van der Waals surface area contributed by atoms with Gasteiger partial charge in [0.2, 0.25) is 15.9 Å². The number of hydrogen-bond donors (Lipinski definition) is 2. The molecule has 8 nitrogen and oxygen atoms in total. The molecule has 0 spiro atoms. The number of oxazole rings is 1. The van der Waals surface area contributed by atoms with Crippen LogP contribution >= 0.6 is 0 Å². The topological polar surface area (TPSA) is 108 Å². The monoisotopic (exact) mass is 414 g/mol. The molecule has 1 aromatic carbocycles. The third-order valence-electron chi connectivity index (χ3n) is 4.84. The van der Waals surface area contributed by atoms with E-state index in [1.807, 2.05) is 30.3 Å². The van der Waals surface area contributed by atoms with Crippen LogP contribution in [0.1, 0.15) is 29.0 Å². The van der Waals surface area contributed by atoms with E-state index in [9.17, 15) is 13.2 Å². The number of H-pyrrole nitrogens is 1. The lowest BCUT2D eigenvalue weighted by Crippen LogP contribution is -2.28. The summed E-state index contributed by atoms with van der Waals surface area (Å²) in [6.07, 6.45) is 5.22. The fraction of sp³-hybridized carbons (Fsp3) is 0.300. The zero-order valence-corrected chi connectivity index (χ0v) is 16.6. The Bertz CT molecular complexity index is 1080. The Labute approximate surface area is 169 Å². The van der Waals surface area contributed by atoms with Crippen LogP contribution in [-0.2, 0) is 16.4 Å². The first-order chi connectivity index (χ1) is 14.0. The standard InChI is InChI=1S/C20H22N4O4S/c25-20(24-10-4-5-11-24)18-12-17(13-21-18)29(26,27)22-9-8-16-14-28-19(23-16)15-6-2-1-3-7-15/h1-3,6-7,12-14,21-22H,4-5,8-11H2. The number of benzene rings is 1. The lowest BCUT2D eigenvalue weighted by molar-refractivity contribution is 0.0787. The number of sulfonamides is 1. The van der Waals surface area contributed by atoms with Gasteiger partial charge in [-0.1, -0.05) is 18.2 Å². The van der Waals surface area contributed by atoms with Gasteiger partial charge in [-0.25, -0.2) is 18.1 Å². The van der Waals surface area contributed by atoms with Crippen LogP contribution in [0.4, 0.5) is 0 Å². The van der Waals surface area contributed by atoms with E-state index in [-0.39, 0.29) is 23.0 Å². The molecule has 0 atom stereocenters. The fourth-order valence-corrected chi connectivity index (χ4v) is 4.30. The van der Waals surface area contributed by atoms with Crippen molar-refractivity contribution in [3.8, 4) is 11.5 Å². The van der Waals surface area contributed by atoms with Gasteiger partial charge in [-0.15, -0.1) is 0 Å². The molecule has 1 fully saturated rings. The SMILES string of the molecule is O=C(c1cc(S(=O)(=O)NCCc2coc(-c3ccccc3)n2)c[nH]1)N1CCCC1. The zero-order chi connectivity index (χ0) is 20.3. The first-order valence-corrected chi connectivity index (χ1v) is 11.0. The molecule has 4 rings (SSSR count). The summed E-state index contributed by atoms with van der Waals surface area (Å²) in [5.41, 5.74) is 1.81. The van der Waals surface area contributed by atoms with Crippen molar-refractivity contribution in [1.82, 2.24) is 19.6 Å². The minimum absolute atomic E-state index is 0.0465. The van der Waals surface area contributed by atoms with Crippen molar-refractivity contribution in [2.45, 2.75) is 24.2 Å². The van der Waals surface area contributed by atoms with Gasteiger partial charge in [-0.2, -0.15) is 0 Å². The molecule has 152 valence electrons. The maximum Gasteiger partial charge on any atom is 0.270 e. The normalized spacial score (nSPS) is 14.4. The molecule has 9 heteroatoms. The third kappa shape index (κ3) is 4.41. The molecule has 0 aliphatic carbocycles. The number of carbonyl (C=O) groups excluding carboxylic acids is 1. The van der Waals surface area contributed by atoms with Gasteiger partial charge in [0.15, 0.2) is 0 Å². The van der Waals surface area contributed by atoms with E-state index < -0.39 is 10.0 Å². The van der Waals surface area contributed by atoms with Gasteiger partial charge in [-0.3, -0.25) is 4.79 Å². The molecule has 2 aromatic heterocycles. The number of aromatic nitrogens is 2. The number of aromatic amines is 1. The van der Waals surface area contributed by atoms with Crippen molar-refractivity contribution in [1.29, 1.82) is 0 Å². The van der Waals surface area contributed by atoms with Crippen LogP contribution in [0.15, 0.2) is 58.2 Å². The predicted molar refractivity (Wildman–Crippen MR) is 107 cm³/mol. The molecule has 2 N–H and O–H groups in total. The van der Waals surface area contributed by atoms with Gasteiger partial charge in [-0.05, 0) is 31.0 Å². The summed E-state index contributed by atoms with van der Waals surface area (Å²) in [7, 11) is -3.72. The molecule has 3 heterocycles. The molecule has 1 aliphatic heterocycles. The van der Waals surface area contributed by atoms with Crippen LogP contribution in [-0.4, -0.2) is 48.8 Å². The highest BCUT2D eigenvalue weighted by atomic mass is 32.2. The summed E-state index contributed by atoms with van der Waals surface area (Å²) in [6, 6.07) is 10.9. The largest absolute Gasteiger partial charge is 0.444 e. The molecule has 0 radical (unpaired) electrons. The molecule has 1 saturated heterocycles. The molecule has 1 amide bonds. The zero-order valence-electron chi connectivity index (χ0n) is 15.8. The smallest absolute Gasteiger partial charge is 0.270 e. The van der Waals surface area contributed by atoms with Gasteiger partial charge in [0.05, 0.1) is 5.69 Å². The van der Waals surface area contributed by atoms with E-state index in [0.717, 1.165) is 18.4 Å². The minimum atomic E-state index is -3.72. The number of carbonyl (C=O) groups is 1. The predicted octanol–water partition coefficient (Wildman–Crippen LogP) is 2.43. The molecular formula is C20H22N4O4S. The summed E-state index contributed by atoms with van der Waals surface area (Å²) in [5.74, 6) is 0.333. The summed E-state index contributed by atoms with van der Waals surface area (Å²) in [6.45, 7) is 1.59. The second kappa shape index (κ2) is 8.22. The van der Waals surface area contributed by atoms with Crippen molar-refractivity contribution in [3.63, 3.8) is 0 Å². The van der Waals surface area contributed by atoms with Crippen molar-refractivity contribution < 1.29 is 17.6 Å². The van der Waals surface area contributed by atoms with Crippen LogP contribution in [0.25, 0.3) is 11.5 Å². The van der Waals surface area contributed by atoms with E-state index >= 15 is 0 Å². The molecular weight excluding hydrogens is 392 g/mol. The van der Waals surface area contributed by atoms with Crippen LogP contribution in [0.5, 0.6) is 0 Å². The quantitative estimate of drug-likeness (QED) is 0.617. The lowest BCUT2D eigenvalue weighted by atomic mass is 10.2. The molecule has 1 aliphatic rings. The van der Waals surface area contributed by atoms with Crippen LogP contribution in [0.3, 0.4) is 0 Å². The minimum Gasteiger partial charge on any atom is -0.444 e. The third-order valence-corrected chi connectivity index (χ3v) is 6.28. The second-order valence-electron chi connectivity index (χ2n) is 6.91. The van der Waals surface area contributed by atoms with Gasteiger partial charge < -0.3 is 14.3 Å². The molecule has 3 aromatic rings. The number of amides is 1. The highest BCUT2D eigenvalue weighted by molar-refractivity contribution is 7.89. The van der Waals surface area contributed by atoms with Crippen LogP contribution < -0.4 is 4.72 Å². The van der Waals surface area contributed by atoms with E-state index in [1.54, 1.807) is 4.90 Å². The number of hydrogen-bond acceptors (Lipinski definition) is 5. The Morgan fingerprint density at radius 2 is 1.97 bits per heavy atom. The number of rotatable bonds is 7. The maximum absolute atomic E-state index is 12.5. The molecule has 0 unspecified atom stereocenters. The number of nitrogens with zero attached hydrogens (tertiary/aromatic N) is 2. The van der Waals surface area contributed by atoms with Crippen LogP contribution in [0.2, 0.25) is 0 Å². The summed E-state index contributed by atoms with van der Waals surface area (Å²) < 4.78 is 33.0. The molecule has 29 heavy (non-hydrogen) atoms. The fourth-order valence-electron chi connectivity index (χ4n) is 3.28. The first kappa shape index (κ1) is 19.4. The van der Waals surface area contributed by atoms with E-state index in [0.29, 0.717) is 31.1 Å². The maximum atomic E-state index is 12.5. The van der Waals surface area contributed by atoms with Crippen molar-refractivity contribution in [2.24, 2.45) is 0 Å². The van der Waals surface area contributed by atoms with Crippen LogP contribution in [0, 0.1) is 0 Å². The lowest BCUT2D eigenvalue weighted by Gasteiger charge is -2.13. The average molecular weight is 414 g/mol. The Morgan fingerprint density at radius 3 is 2.72 bits per heavy atom. The van der Waals surface area contributed by atoms with Gasteiger partial charge >= 0.3 is 0 Å². The number of nitrogens with one attached hydrogen (secondary N) is 2. The Morgan fingerprint density at radius 1 is 1.21 bits per heavy atom. The van der Waals surface area contributed by atoms with Crippen molar-refractivity contribution in [2.75, 3.05) is 19.6 Å². The van der Waals surface area contributed by atoms with E-state index in [2.05, 4.69) is 14.7 Å². The summed E-state index contributed by atoms with van der Waals surface area (Å²) >= 11 is 0. The average Bonchev–Trinajstić information content (AvgIpc) is 3.49. The van der Waals surface area contributed by atoms with E-state index in [4.69, 9.17) is 4.42 Å². The second-order valence-corrected chi connectivity index (χ2v) is 8.67. The van der Waals surface area contributed by atoms with Gasteiger partial charge in [0.25, 0.3) is 5.91 Å². The summed E-state index contributed by atoms with van der Waals surface area (Å²) in [4.78, 5) is 21.3. The molecule has 0 bridgehead atoms. The van der Waals surface area contributed by atoms with Gasteiger partial charge in [0, 0.05) is 37.8 Å². The van der Waals surface area contributed by atoms with Crippen molar-refractivity contribution >= 4 is 15.9 Å². The van der Waals surface area contributed by atoms with Crippen molar-refractivity contribution in [3.05, 3.63) is 60.2 Å². The highest BCUT2D eigenvalue weighted by Gasteiger charge is 2.23. The Balaban J connectivity index is 1.35. The highest BCUT2D eigenvalue weighted by Crippen LogP contribution is 2.18. The number of likely N-dealkylation sites (tertiary alicyclic amines) is 1.